The third-order valence-corrected chi connectivity index (χ3v) is 23.6. The Labute approximate surface area is 563 Å². The lowest BCUT2D eigenvalue weighted by Crippen LogP contribution is -2.41. The van der Waals surface area contributed by atoms with E-state index in [4.69, 9.17) is 0 Å². The summed E-state index contributed by atoms with van der Waals surface area (Å²) in [6.45, 7) is 9.59. The highest BCUT2D eigenvalue weighted by Crippen LogP contribution is 2.70. The minimum Gasteiger partial charge on any atom is -0.312 e. The second kappa shape index (κ2) is 21.6. The van der Waals surface area contributed by atoms with Gasteiger partial charge < -0.3 is 9.80 Å². The van der Waals surface area contributed by atoms with E-state index in [0.29, 0.717) is 11.1 Å². The van der Waals surface area contributed by atoms with E-state index in [9.17, 15) is 10.5 Å². The van der Waals surface area contributed by atoms with Crippen molar-refractivity contribution in [2.24, 2.45) is 5.92 Å². The molecule has 12 aromatic carbocycles. The monoisotopic (exact) mass is 1230 g/mol. The van der Waals surface area contributed by atoms with Crippen molar-refractivity contribution in [2.75, 3.05) is 9.80 Å². The molecule has 0 fully saturated rings. The van der Waals surface area contributed by atoms with Gasteiger partial charge >= 0.3 is 0 Å². The van der Waals surface area contributed by atoms with Gasteiger partial charge in [0, 0.05) is 34.5 Å². The first-order valence-corrected chi connectivity index (χ1v) is 34.3. The van der Waals surface area contributed by atoms with E-state index in [2.05, 4.69) is 341 Å². The fraction of sp³-hybridized carbons (Fsp3) is 0.152. The zero-order valence-corrected chi connectivity index (χ0v) is 54.5. The Hall–Kier alpha value is -11.3. The van der Waals surface area contributed by atoms with Crippen molar-refractivity contribution in [3.63, 3.8) is 0 Å². The quantitative estimate of drug-likeness (QED) is 0.137. The van der Waals surface area contributed by atoms with E-state index < -0.39 is 21.7 Å². The number of hydrogen-bond donors (Lipinski definition) is 0. The Morgan fingerprint density at radius 1 is 0.396 bits per heavy atom. The fourth-order valence-electron chi connectivity index (χ4n) is 18.9. The maximum absolute atomic E-state index is 12.9. The predicted molar refractivity (Wildman–Crippen MR) is 392 cm³/mol. The van der Waals surface area contributed by atoms with Crippen molar-refractivity contribution in [2.45, 2.75) is 81.0 Å². The molecule has 6 aliphatic carbocycles. The molecule has 6 aliphatic rings. The maximum atomic E-state index is 12.9. The van der Waals surface area contributed by atoms with Gasteiger partial charge in [0.25, 0.3) is 0 Å². The summed E-state index contributed by atoms with van der Waals surface area (Å²) in [5.74, 6) is -0.231. The van der Waals surface area contributed by atoms with Crippen molar-refractivity contribution in [3.05, 3.63) is 364 Å². The van der Waals surface area contributed by atoms with E-state index in [1.165, 1.54) is 66.8 Å². The number of nitriles is 2. The third kappa shape index (κ3) is 7.70. The zero-order valence-electron chi connectivity index (χ0n) is 54.5. The molecule has 0 saturated carbocycles. The number of nitrogens with zero attached hydrogens (tertiary/aromatic N) is 4. The van der Waals surface area contributed by atoms with Crippen LogP contribution in [0.4, 0.5) is 28.4 Å². The van der Waals surface area contributed by atoms with E-state index in [-0.39, 0.29) is 11.8 Å². The molecule has 4 nitrogen and oxygen atoms in total. The number of rotatable bonds is 10. The van der Waals surface area contributed by atoms with E-state index >= 15 is 0 Å². The molecule has 96 heavy (non-hydrogen) atoms. The zero-order chi connectivity index (χ0) is 64.7. The van der Waals surface area contributed by atoms with Gasteiger partial charge in [-0.2, -0.15) is 10.5 Å². The van der Waals surface area contributed by atoms with Crippen molar-refractivity contribution in [1.29, 1.82) is 10.5 Å². The van der Waals surface area contributed by atoms with Crippen molar-refractivity contribution < 1.29 is 0 Å². The highest BCUT2D eigenvalue weighted by molar-refractivity contribution is 6.03. The molecule has 0 bridgehead atoms. The van der Waals surface area contributed by atoms with Gasteiger partial charge in [0.05, 0.1) is 39.0 Å². The molecule has 4 atom stereocenters. The summed E-state index contributed by atoms with van der Waals surface area (Å²) in [7, 11) is 0. The van der Waals surface area contributed by atoms with Gasteiger partial charge in [-0.3, -0.25) is 0 Å². The van der Waals surface area contributed by atoms with Crippen LogP contribution in [0.25, 0.3) is 55.6 Å². The van der Waals surface area contributed by atoms with Gasteiger partial charge in [-0.05, 0) is 179 Å². The fourth-order valence-corrected chi connectivity index (χ4v) is 18.9. The van der Waals surface area contributed by atoms with Gasteiger partial charge in [-0.25, -0.2) is 0 Å². The van der Waals surface area contributed by atoms with E-state index in [1.54, 1.807) is 0 Å². The van der Waals surface area contributed by atoms with Gasteiger partial charge in [-0.15, -0.1) is 0 Å². The van der Waals surface area contributed by atoms with Gasteiger partial charge in [0.15, 0.2) is 0 Å². The Morgan fingerprint density at radius 3 is 1.29 bits per heavy atom. The molecular weight excluding hydrogens is 1160 g/mol. The summed E-state index contributed by atoms with van der Waals surface area (Å²) >= 11 is 0. The molecule has 18 rings (SSSR count). The first kappa shape index (κ1) is 57.4. The van der Waals surface area contributed by atoms with Gasteiger partial charge in [-0.1, -0.05) is 283 Å². The summed E-state index contributed by atoms with van der Waals surface area (Å²) in [4.78, 5) is 4.93. The lowest BCUT2D eigenvalue weighted by atomic mass is 9.58. The number of fused-ring (bicyclic) bond motifs is 21. The first-order valence-electron chi connectivity index (χ1n) is 34.3. The smallest absolute Gasteiger partial charge is 0.103 e. The number of benzene rings is 12. The standard InChI is InChI=1S/C92H70N4/c1-5-89(3)55-56-90(4,6-2)86-85(89)87(95(63-51-47-61(48-52-63)59-27-9-7-10-28-59)81-45-25-43-79-83(81)69-35-17-23-41-77(69)91(79)73-37-19-13-31-65(73)66-32-14-20-38-74(66)91)71(57-93)72(58-94)88(86)96(64-53-49-62(50-54-64)60-29-11-8-12-30-60)82-46-26-44-80-84(82)70-36-18-24-42-78(70)92(80)75-39-21-15-33-67(75)68-34-16-22-40-76(68)92/h7-54,79,83H,5-6,55-56H2,1-4H3. The topological polar surface area (TPSA) is 54.1 Å². The summed E-state index contributed by atoms with van der Waals surface area (Å²) in [5.41, 5.74) is 28.3. The second-order valence-corrected chi connectivity index (χ2v) is 27.8. The largest absolute Gasteiger partial charge is 0.312 e. The minimum atomic E-state index is -0.632. The lowest BCUT2D eigenvalue weighted by molar-refractivity contribution is 0.284. The molecule has 4 unspecified atom stereocenters. The van der Waals surface area contributed by atoms with Crippen LogP contribution < -0.4 is 9.80 Å². The van der Waals surface area contributed by atoms with Gasteiger partial charge in [0.1, 0.15) is 12.1 Å². The summed E-state index contributed by atoms with van der Waals surface area (Å²) in [5, 5.41) is 25.8. The molecule has 458 valence electrons. The minimum absolute atomic E-state index is 0.0557. The second-order valence-electron chi connectivity index (χ2n) is 27.8. The number of allylic oxidation sites excluding steroid dienone is 4. The van der Waals surface area contributed by atoms with Crippen molar-refractivity contribution >= 4 is 28.4 Å². The van der Waals surface area contributed by atoms with E-state index in [0.717, 1.165) is 104 Å². The normalized spacial score (nSPS) is 19.3. The molecule has 0 heterocycles. The Balaban J connectivity index is 0.956. The van der Waals surface area contributed by atoms with Crippen LogP contribution in [0, 0.1) is 28.6 Å². The van der Waals surface area contributed by atoms with Crippen molar-refractivity contribution in [3.8, 4) is 67.8 Å². The summed E-state index contributed by atoms with van der Waals surface area (Å²) in [6, 6.07) is 106. The predicted octanol–water partition coefficient (Wildman–Crippen LogP) is 23.0. The lowest BCUT2D eigenvalue weighted by Gasteiger charge is -2.50. The maximum Gasteiger partial charge on any atom is 0.103 e. The van der Waals surface area contributed by atoms with Crippen molar-refractivity contribution in [1.82, 2.24) is 0 Å². The Morgan fingerprint density at radius 2 is 0.792 bits per heavy atom. The SMILES string of the molecule is CCC1(C)CCC(C)(CC)c2c(N(c3ccc(-c4ccccc4)cc3)c3cccc4c3-c3ccccc3C43c4ccccc4-c4ccccc43)c(C#N)c(C#N)c(N(C3=CC=CC4C3c3ccccc3C43c4ccccc4-c4ccccc43)c3ccc(-c4ccccc4)cc3)c21. The summed E-state index contributed by atoms with van der Waals surface area (Å²) < 4.78 is 0. The average Bonchev–Trinajstić information content (AvgIpc) is 1.47. The van der Waals surface area contributed by atoms with Crippen LogP contribution in [0.15, 0.2) is 297 Å². The molecule has 4 heteroatoms. The van der Waals surface area contributed by atoms with Crippen LogP contribution >= 0.6 is 0 Å². The summed E-state index contributed by atoms with van der Waals surface area (Å²) in [6.07, 6.45) is 10.5. The molecule has 0 aliphatic heterocycles. The first-order chi connectivity index (χ1) is 47.2. The molecule has 2 spiro atoms. The highest BCUT2D eigenvalue weighted by atomic mass is 15.2. The molecule has 0 saturated heterocycles. The van der Waals surface area contributed by atoms with Crippen LogP contribution in [0.5, 0.6) is 0 Å². The number of hydrogen-bond acceptors (Lipinski definition) is 4. The molecule has 0 aromatic heterocycles. The highest BCUT2D eigenvalue weighted by Gasteiger charge is 2.60. The molecule has 12 aromatic rings. The average molecular weight is 1230 g/mol. The van der Waals surface area contributed by atoms with Crippen LogP contribution in [0.3, 0.4) is 0 Å². The molecule has 0 N–H and O–H groups in total. The van der Waals surface area contributed by atoms with Crippen LogP contribution in [-0.2, 0) is 21.7 Å². The molecule has 0 radical (unpaired) electrons. The van der Waals surface area contributed by atoms with Crippen LogP contribution in [0.1, 0.15) is 126 Å². The van der Waals surface area contributed by atoms with Gasteiger partial charge in [0.2, 0.25) is 0 Å². The third-order valence-electron chi connectivity index (χ3n) is 23.6. The van der Waals surface area contributed by atoms with Crippen LogP contribution in [0.2, 0.25) is 0 Å². The Bertz CT molecular complexity index is 5260. The van der Waals surface area contributed by atoms with E-state index in [1.807, 2.05) is 0 Å². The number of anilines is 5. The molecular formula is C92H70N4. The van der Waals surface area contributed by atoms with Crippen LogP contribution in [-0.4, -0.2) is 0 Å². The molecule has 0 amide bonds. The Kier molecular flexibility index (Phi) is 12.9.